The minimum Gasteiger partial charge on any atom is -1.00 e. The fraction of sp³-hybridized carbons (Fsp3) is 1.00. The van der Waals surface area contributed by atoms with Crippen molar-refractivity contribution in [2.45, 2.75) is 25.4 Å². The molecule has 0 heterocycles. The van der Waals surface area contributed by atoms with Gasteiger partial charge in [0.1, 0.15) is 0 Å². The van der Waals surface area contributed by atoms with Gasteiger partial charge in [-0.05, 0) is 19.3 Å². The van der Waals surface area contributed by atoms with Crippen LogP contribution < -0.4 is 51.4 Å². The van der Waals surface area contributed by atoms with Crippen molar-refractivity contribution in [1.82, 2.24) is 0 Å². The Hall–Kier alpha value is 1.58. The summed E-state index contributed by atoms with van der Waals surface area (Å²) in [5.41, 5.74) is 0. The van der Waals surface area contributed by atoms with Crippen LogP contribution in [0.25, 0.3) is 0 Å². The van der Waals surface area contributed by atoms with Gasteiger partial charge in [0, 0.05) is 6.10 Å². The molecule has 1 fully saturated rings. The fourth-order valence-corrected chi connectivity index (χ4v) is 0.679. The Bertz CT molecular complexity index is 80.9. The van der Waals surface area contributed by atoms with Crippen LogP contribution in [0.15, 0.2) is 0 Å². The molecule has 0 bridgehead atoms. The smallest absolute Gasteiger partial charge is 1.00 e. The second kappa shape index (κ2) is 5.26. The van der Waals surface area contributed by atoms with Crippen LogP contribution in [-0.4, -0.2) is 23.5 Å². The maximum absolute atomic E-state index is 8.22. The normalized spacial score (nSPS) is 18.0. The largest absolute Gasteiger partial charge is 1.00 e. The zero-order chi connectivity index (χ0) is 5.98. The Kier molecular flexibility index (Phi) is 6.18. The third-order valence-electron chi connectivity index (χ3n) is 1.37. The van der Waals surface area contributed by atoms with Crippen LogP contribution in [-0.2, 0) is 4.65 Å². The van der Waals surface area contributed by atoms with Gasteiger partial charge in [-0.2, -0.15) is 0 Å². The van der Waals surface area contributed by atoms with Gasteiger partial charge in [0.2, 0.25) is 0 Å². The third-order valence-corrected chi connectivity index (χ3v) is 1.37. The molecule has 1 aliphatic rings. The summed E-state index contributed by atoms with van der Waals surface area (Å²) in [7, 11) is -1.57. The van der Waals surface area contributed by atoms with E-state index in [9.17, 15) is 0 Å². The Morgan fingerprint density at radius 1 is 1.44 bits per heavy atom. The standard InChI is InChI=1S/C4H9BO3.K.H/c6-5(7)8-4-2-1-3-4;;/h4,6-7H,1-3H2;;/q;+1;-1. The predicted octanol–water partition coefficient (Wildman–Crippen LogP) is -3.36. The van der Waals surface area contributed by atoms with Crippen molar-refractivity contribution in [3.8, 4) is 0 Å². The fourth-order valence-electron chi connectivity index (χ4n) is 0.679. The third kappa shape index (κ3) is 4.11. The van der Waals surface area contributed by atoms with Crippen molar-refractivity contribution in [2.75, 3.05) is 0 Å². The second-order valence-electron chi connectivity index (χ2n) is 2.02. The van der Waals surface area contributed by atoms with Crippen LogP contribution in [0.2, 0.25) is 0 Å². The molecule has 3 nitrogen and oxygen atoms in total. The van der Waals surface area contributed by atoms with Crippen molar-refractivity contribution >= 4 is 7.32 Å². The van der Waals surface area contributed by atoms with E-state index < -0.39 is 7.32 Å². The van der Waals surface area contributed by atoms with Gasteiger partial charge in [0.15, 0.2) is 0 Å². The molecule has 0 aromatic carbocycles. The summed E-state index contributed by atoms with van der Waals surface area (Å²) in [5.74, 6) is 0. The van der Waals surface area contributed by atoms with E-state index in [-0.39, 0.29) is 58.9 Å². The van der Waals surface area contributed by atoms with Crippen molar-refractivity contribution in [1.29, 1.82) is 0 Å². The summed E-state index contributed by atoms with van der Waals surface area (Å²) in [6.07, 6.45) is 3.20. The summed E-state index contributed by atoms with van der Waals surface area (Å²) in [5, 5.41) is 16.4. The molecule has 5 heteroatoms. The van der Waals surface area contributed by atoms with Crippen LogP contribution in [0.5, 0.6) is 0 Å². The van der Waals surface area contributed by atoms with Crippen LogP contribution >= 0.6 is 0 Å². The van der Waals surface area contributed by atoms with E-state index in [0.717, 1.165) is 19.3 Å². The van der Waals surface area contributed by atoms with Gasteiger partial charge in [-0.25, -0.2) is 0 Å². The van der Waals surface area contributed by atoms with Crippen molar-refractivity contribution in [3.63, 3.8) is 0 Å². The van der Waals surface area contributed by atoms with Gasteiger partial charge in [0.25, 0.3) is 0 Å². The number of hydrogen-bond donors (Lipinski definition) is 2. The predicted molar refractivity (Wildman–Crippen MR) is 30.0 cm³/mol. The molecule has 0 spiro atoms. The molecule has 0 radical (unpaired) electrons. The van der Waals surface area contributed by atoms with E-state index in [0.29, 0.717) is 0 Å². The van der Waals surface area contributed by atoms with Gasteiger partial charge in [-0.15, -0.1) is 0 Å². The summed E-state index contributed by atoms with van der Waals surface area (Å²) < 4.78 is 4.60. The summed E-state index contributed by atoms with van der Waals surface area (Å²) in [6.45, 7) is 0. The first-order valence-corrected chi connectivity index (χ1v) is 2.80. The van der Waals surface area contributed by atoms with E-state index >= 15 is 0 Å². The molecule has 0 amide bonds. The number of hydrogen-bond acceptors (Lipinski definition) is 3. The van der Waals surface area contributed by atoms with E-state index in [1.807, 2.05) is 0 Å². The van der Waals surface area contributed by atoms with E-state index in [4.69, 9.17) is 10.0 Å². The molecule has 1 saturated carbocycles. The van der Waals surface area contributed by atoms with Crippen LogP contribution in [0, 0.1) is 0 Å². The van der Waals surface area contributed by atoms with Gasteiger partial charge >= 0.3 is 58.7 Å². The van der Waals surface area contributed by atoms with E-state index in [1.165, 1.54) is 0 Å². The zero-order valence-corrected chi connectivity index (χ0v) is 8.70. The zero-order valence-electron chi connectivity index (χ0n) is 6.58. The molecule has 0 aromatic rings. The molecule has 1 aliphatic carbocycles. The van der Waals surface area contributed by atoms with Gasteiger partial charge < -0.3 is 16.1 Å². The minimum atomic E-state index is -1.57. The second-order valence-corrected chi connectivity index (χ2v) is 2.02. The molecule has 0 aromatic heterocycles. The van der Waals surface area contributed by atoms with Crippen molar-refractivity contribution < 1.29 is 67.5 Å². The van der Waals surface area contributed by atoms with Gasteiger partial charge in [-0.1, -0.05) is 0 Å². The monoisotopic (exact) mass is 156 g/mol. The molecular formula is C4H10BKO3. The maximum atomic E-state index is 8.22. The minimum absolute atomic E-state index is 0. The molecule has 48 valence electrons. The topological polar surface area (TPSA) is 49.7 Å². The Labute approximate surface area is 98.9 Å². The van der Waals surface area contributed by atoms with Crippen molar-refractivity contribution in [2.24, 2.45) is 0 Å². The van der Waals surface area contributed by atoms with Gasteiger partial charge in [0.05, 0.1) is 0 Å². The molecule has 0 atom stereocenters. The molecular weight excluding hydrogens is 146 g/mol. The average Bonchev–Trinajstić information content (AvgIpc) is 1.55. The first-order valence-electron chi connectivity index (χ1n) is 2.80. The van der Waals surface area contributed by atoms with Gasteiger partial charge in [-0.3, -0.25) is 0 Å². The summed E-state index contributed by atoms with van der Waals surface area (Å²) in [4.78, 5) is 0. The molecule has 2 N–H and O–H groups in total. The maximum Gasteiger partial charge on any atom is 1.00 e. The number of rotatable bonds is 2. The van der Waals surface area contributed by atoms with E-state index in [2.05, 4.69) is 4.65 Å². The van der Waals surface area contributed by atoms with Crippen LogP contribution in [0.3, 0.4) is 0 Å². The van der Waals surface area contributed by atoms with E-state index in [1.54, 1.807) is 0 Å². The average molecular weight is 156 g/mol. The quantitative estimate of drug-likeness (QED) is 0.410. The molecule has 0 unspecified atom stereocenters. The van der Waals surface area contributed by atoms with Crippen LogP contribution in [0.4, 0.5) is 0 Å². The summed E-state index contributed by atoms with van der Waals surface area (Å²) >= 11 is 0. The first kappa shape index (κ1) is 10.6. The molecule has 1 rings (SSSR count). The molecule has 0 aliphatic heterocycles. The van der Waals surface area contributed by atoms with Crippen LogP contribution in [0.1, 0.15) is 20.7 Å². The SMILES string of the molecule is OB(O)OC1CCC1.[H-].[K+]. The molecule has 0 saturated heterocycles. The van der Waals surface area contributed by atoms with Crippen molar-refractivity contribution in [3.05, 3.63) is 0 Å². The Morgan fingerprint density at radius 2 is 2.00 bits per heavy atom. The first-order chi connectivity index (χ1) is 3.79. The Morgan fingerprint density at radius 3 is 2.11 bits per heavy atom. The Balaban J connectivity index is 0. The molecule has 9 heavy (non-hydrogen) atoms. The summed E-state index contributed by atoms with van der Waals surface area (Å²) in [6, 6.07) is 0.